The fourth-order valence-corrected chi connectivity index (χ4v) is 2.10. The molecule has 0 amide bonds. The lowest BCUT2D eigenvalue weighted by Gasteiger charge is -2.27. The number of nitrogens with zero attached hydrogens (tertiary/aromatic N) is 1. The molecule has 0 fully saturated rings. The molecule has 2 N–H and O–H groups in total. The van der Waals surface area contributed by atoms with Gasteiger partial charge in [0.15, 0.2) is 0 Å². The fraction of sp³-hybridized carbons (Fsp3) is 0.538. The lowest BCUT2D eigenvalue weighted by molar-refractivity contribution is 0.716. The van der Waals surface area contributed by atoms with Gasteiger partial charge in [0.25, 0.3) is 0 Å². The minimum atomic E-state index is 0.189. The van der Waals surface area contributed by atoms with Gasteiger partial charge in [-0.25, -0.2) is 0 Å². The lowest BCUT2D eigenvalue weighted by atomic mass is 10.0. The summed E-state index contributed by atoms with van der Waals surface area (Å²) in [7, 11) is 2.12. The molecule has 3 heteroatoms. The normalized spacial score (nSPS) is 12.9. The molecule has 2 nitrogen and oxygen atoms in total. The van der Waals surface area contributed by atoms with Crippen LogP contribution >= 0.6 is 15.9 Å². The van der Waals surface area contributed by atoms with E-state index in [4.69, 9.17) is 5.73 Å². The van der Waals surface area contributed by atoms with Gasteiger partial charge in [-0.05, 0) is 51.0 Å². The summed E-state index contributed by atoms with van der Waals surface area (Å²) in [6.45, 7) is 6.43. The summed E-state index contributed by atoms with van der Waals surface area (Å²) in [6, 6.07) is 7.08. The van der Waals surface area contributed by atoms with E-state index in [0.29, 0.717) is 6.04 Å². The van der Waals surface area contributed by atoms with Crippen LogP contribution in [0.25, 0.3) is 0 Å². The predicted molar refractivity (Wildman–Crippen MR) is 75.0 cm³/mol. The fourth-order valence-electron chi connectivity index (χ4n) is 1.69. The molecule has 0 saturated heterocycles. The highest BCUT2D eigenvalue weighted by atomic mass is 79.9. The quantitative estimate of drug-likeness (QED) is 0.920. The van der Waals surface area contributed by atoms with Crippen molar-refractivity contribution >= 4 is 21.6 Å². The maximum Gasteiger partial charge on any atom is 0.0399 e. The third-order valence-electron chi connectivity index (χ3n) is 2.74. The standard InChI is InChI=1S/C13H21BrN2/c1-9(2)16(4)13-6-5-12(14)8-11(13)7-10(3)15/h5-6,8-10H,7,15H2,1-4H3. The Labute approximate surface area is 107 Å². The Balaban J connectivity index is 3.06. The predicted octanol–water partition coefficient (Wildman–Crippen LogP) is 3.18. The van der Waals surface area contributed by atoms with Crippen molar-refractivity contribution in [2.24, 2.45) is 5.73 Å². The van der Waals surface area contributed by atoms with Crippen LogP contribution in [0.3, 0.4) is 0 Å². The summed E-state index contributed by atoms with van der Waals surface area (Å²) in [5.74, 6) is 0. The number of benzene rings is 1. The second-order valence-electron chi connectivity index (χ2n) is 4.66. The largest absolute Gasteiger partial charge is 0.372 e. The number of halogens is 1. The average molecular weight is 285 g/mol. The molecule has 0 bridgehead atoms. The van der Waals surface area contributed by atoms with Crippen LogP contribution < -0.4 is 10.6 Å². The minimum Gasteiger partial charge on any atom is -0.372 e. The van der Waals surface area contributed by atoms with E-state index in [1.54, 1.807) is 0 Å². The molecule has 1 atom stereocenters. The molecule has 1 rings (SSSR count). The molecule has 0 saturated carbocycles. The molecule has 0 aliphatic heterocycles. The summed E-state index contributed by atoms with van der Waals surface area (Å²) in [4.78, 5) is 2.28. The third-order valence-corrected chi connectivity index (χ3v) is 3.23. The molecule has 1 aromatic rings. The van der Waals surface area contributed by atoms with Crippen LogP contribution in [0.5, 0.6) is 0 Å². The number of hydrogen-bond acceptors (Lipinski definition) is 2. The van der Waals surface area contributed by atoms with Gasteiger partial charge in [0, 0.05) is 29.3 Å². The molecule has 0 aromatic heterocycles. The van der Waals surface area contributed by atoms with Gasteiger partial charge < -0.3 is 10.6 Å². The van der Waals surface area contributed by atoms with Gasteiger partial charge in [-0.3, -0.25) is 0 Å². The molecule has 16 heavy (non-hydrogen) atoms. The highest BCUT2D eigenvalue weighted by Crippen LogP contribution is 2.26. The topological polar surface area (TPSA) is 29.3 Å². The molecule has 0 heterocycles. The van der Waals surface area contributed by atoms with E-state index in [1.165, 1.54) is 11.3 Å². The van der Waals surface area contributed by atoms with E-state index in [1.807, 2.05) is 6.92 Å². The lowest BCUT2D eigenvalue weighted by Crippen LogP contribution is -2.28. The summed E-state index contributed by atoms with van der Waals surface area (Å²) in [5, 5.41) is 0. The zero-order chi connectivity index (χ0) is 12.3. The van der Waals surface area contributed by atoms with Crippen molar-refractivity contribution < 1.29 is 0 Å². The Bertz CT molecular complexity index is 348. The van der Waals surface area contributed by atoms with Crippen molar-refractivity contribution in [3.63, 3.8) is 0 Å². The smallest absolute Gasteiger partial charge is 0.0399 e. The molecule has 90 valence electrons. The first-order valence-corrected chi connectivity index (χ1v) is 6.48. The van der Waals surface area contributed by atoms with Crippen molar-refractivity contribution in [2.75, 3.05) is 11.9 Å². The summed E-state index contributed by atoms with van der Waals surface area (Å²) >= 11 is 3.51. The first kappa shape index (κ1) is 13.5. The highest BCUT2D eigenvalue weighted by molar-refractivity contribution is 9.10. The van der Waals surface area contributed by atoms with Gasteiger partial charge in [-0.1, -0.05) is 15.9 Å². The van der Waals surface area contributed by atoms with Gasteiger partial charge in [0.1, 0.15) is 0 Å². The maximum atomic E-state index is 5.89. The van der Waals surface area contributed by atoms with Crippen molar-refractivity contribution in [1.82, 2.24) is 0 Å². The first-order chi connectivity index (χ1) is 7.41. The van der Waals surface area contributed by atoms with Crippen molar-refractivity contribution in [1.29, 1.82) is 0 Å². The van der Waals surface area contributed by atoms with Crippen LogP contribution in [0.1, 0.15) is 26.3 Å². The van der Waals surface area contributed by atoms with E-state index < -0.39 is 0 Å². The molecular weight excluding hydrogens is 264 g/mol. The minimum absolute atomic E-state index is 0.189. The van der Waals surface area contributed by atoms with Crippen molar-refractivity contribution in [2.45, 2.75) is 39.3 Å². The Morgan fingerprint density at radius 1 is 1.31 bits per heavy atom. The van der Waals surface area contributed by atoms with Crippen LogP contribution in [0, 0.1) is 0 Å². The van der Waals surface area contributed by atoms with E-state index in [9.17, 15) is 0 Å². The summed E-state index contributed by atoms with van der Waals surface area (Å²) in [6.07, 6.45) is 0.909. The van der Waals surface area contributed by atoms with Gasteiger partial charge in [0.05, 0.1) is 0 Å². The van der Waals surface area contributed by atoms with Gasteiger partial charge >= 0.3 is 0 Å². The summed E-state index contributed by atoms with van der Waals surface area (Å²) in [5.41, 5.74) is 8.47. The van der Waals surface area contributed by atoms with Crippen molar-refractivity contribution in [3.05, 3.63) is 28.2 Å². The SMILES string of the molecule is CC(N)Cc1cc(Br)ccc1N(C)C(C)C. The maximum absolute atomic E-state index is 5.89. The van der Waals surface area contributed by atoms with Crippen molar-refractivity contribution in [3.8, 4) is 0 Å². The molecule has 0 aliphatic carbocycles. The number of nitrogens with two attached hydrogens (primary N) is 1. The Kier molecular flexibility index (Phi) is 4.81. The number of hydrogen-bond donors (Lipinski definition) is 1. The molecule has 0 radical (unpaired) electrons. The molecule has 1 unspecified atom stereocenters. The first-order valence-electron chi connectivity index (χ1n) is 5.68. The van der Waals surface area contributed by atoms with Gasteiger partial charge in [-0.15, -0.1) is 0 Å². The van der Waals surface area contributed by atoms with Crippen LogP contribution in [-0.2, 0) is 6.42 Å². The van der Waals surface area contributed by atoms with E-state index in [0.717, 1.165) is 10.9 Å². The zero-order valence-corrected chi connectivity index (χ0v) is 12.1. The Morgan fingerprint density at radius 3 is 2.44 bits per heavy atom. The van der Waals surface area contributed by atoms with Gasteiger partial charge in [0.2, 0.25) is 0 Å². The number of anilines is 1. The zero-order valence-electron chi connectivity index (χ0n) is 10.5. The highest BCUT2D eigenvalue weighted by Gasteiger charge is 2.11. The third kappa shape index (κ3) is 3.49. The van der Waals surface area contributed by atoms with E-state index >= 15 is 0 Å². The van der Waals surface area contributed by atoms with Crippen LogP contribution in [-0.4, -0.2) is 19.1 Å². The van der Waals surface area contributed by atoms with Crippen LogP contribution in [0.15, 0.2) is 22.7 Å². The monoisotopic (exact) mass is 284 g/mol. The number of rotatable bonds is 4. The molecular formula is C13H21BrN2. The van der Waals surface area contributed by atoms with Crippen LogP contribution in [0.4, 0.5) is 5.69 Å². The Morgan fingerprint density at radius 2 is 1.94 bits per heavy atom. The Hall–Kier alpha value is -0.540. The van der Waals surface area contributed by atoms with Crippen LogP contribution in [0.2, 0.25) is 0 Å². The molecule has 0 aliphatic rings. The van der Waals surface area contributed by atoms with Gasteiger partial charge in [-0.2, -0.15) is 0 Å². The molecule has 0 spiro atoms. The average Bonchev–Trinajstić information content (AvgIpc) is 2.15. The second-order valence-corrected chi connectivity index (χ2v) is 5.57. The summed E-state index contributed by atoms with van der Waals surface area (Å²) < 4.78 is 1.11. The van der Waals surface area contributed by atoms with E-state index in [-0.39, 0.29) is 6.04 Å². The van der Waals surface area contributed by atoms with E-state index in [2.05, 4.69) is 59.9 Å². The molecule has 1 aromatic carbocycles. The second kappa shape index (κ2) is 5.69.